The van der Waals surface area contributed by atoms with Crippen molar-refractivity contribution in [2.45, 2.75) is 49.6 Å². The molecule has 2 N–H and O–H groups in total. The van der Waals surface area contributed by atoms with Gasteiger partial charge in [0, 0.05) is 38.4 Å². The molecule has 1 aliphatic rings. The van der Waals surface area contributed by atoms with Gasteiger partial charge in [0.25, 0.3) is 5.91 Å². The molecule has 226 valence electrons. The largest absolute Gasteiger partial charge is 0.497 e. The third-order valence-electron chi connectivity index (χ3n) is 7.48. The fourth-order valence-corrected chi connectivity index (χ4v) is 6.88. The topological polar surface area (TPSA) is 129 Å². The van der Waals surface area contributed by atoms with Crippen LogP contribution in [0.4, 0.5) is 0 Å². The predicted octanol–water partition coefficient (Wildman–Crippen LogP) is 3.84. The summed E-state index contributed by atoms with van der Waals surface area (Å²) in [6.45, 7) is 0.694. The van der Waals surface area contributed by atoms with Gasteiger partial charge >= 0.3 is 0 Å². The van der Waals surface area contributed by atoms with E-state index in [1.54, 1.807) is 47.0 Å². The Bertz CT molecular complexity index is 1390. The van der Waals surface area contributed by atoms with Crippen molar-refractivity contribution in [2.24, 2.45) is 5.92 Å². The van der Waals surface area contributed by atoms with Crippen LogP contribution in [-0.2, 0) is 32.6 Å². The number of amides is 2. The molecule has 1 aliphatic heterocycles. The van der Waals surface area contributed by atoms with E-state index in [2.05, 4.69) is 4.98 Å². The highest BCUT2D eigenvalue weighted by Gasteiger charge is 2.42. The van der Waals surface area contributed by atoms with Gasteiger partial charge in [0.2, 0.25) is 15.9 Å². The lowest BCUT2D eigenvalue weighted by Gasteiger charge is -2.39. The number of carbonyl (C=O) groups excluding carboxylic acids is 2. The zero-order valence-corrected chi connectivity index (χ0v) is 25.1. The number of pyridine rings is 1. The number of hydrogen-bond donors (Lipinski definition) is 2. The van der Waals surface area contributed by atoms with Gasteiger partial charge in [-0.2, -0.15) is 4.31 Å². The van der Waals surface area contributed by atoms with Crippen LogP contribution >= 0.6 is 12.4 Å². The maximum atomic E-state index is 14.0. The fourth-order valence-electron chi connectivity index (χ4n) is 5.24. The van der Waals surface area contributed by atoms with Gasteiger partial charge in [-0.05, 0) is 79.1 Å². The number of aromatic nitrogens is 1. The van der Waals surface area contributed by atoms with Gasteiger partial charge in [-0.3, -0.25) is 19.8 Å². The number of piperidine rings is 1. The Balaban J connectivity index is 0.00000484. The minimum absolute atomic E-state index is 0. The van der Waals surface area contributed by atoms with Gasteiger partial charge in [-0.25, -0.2) is 13.9 Å². The number of methoxy groups -OCH3 is 1. The highest BCUT2D eigenvalue weighted by atomic mass is 35.5. The number of hydrogen-bond acceptors (Lipinski definition) is 7. The van der Waals surface area contributed by atoms with E-state index >= 15 is 0 Å². The number of hydroxylamine groups is 1. The highest BCUT2D eigenvalue weighted by molar-refractivity contribution is 7.89. The van der Waals surface area contributed by atoms with Crippen molar-refractivity contribution in [3.05, 3.63) is 90.3 Å². The smallest absolute Gasteiger partial charge is 0.262 e. The highest BCUT2D eigenvalue weighted by Crippen LogP contribution is 2.31. The lowest BCUT2D eigenvalue weighted by atomic mass is 9.88. The standard InChI is InChI=1S/C30H36N4O6S.ClH/c1-40-26-10-12-27(13-11-26)41(38,39)34(22-24-14-18-31-19-15-24)29(30(36)32-37)25-16-20-33(21-17-25)28(35)9-5-8-23-6-3-2-4-7-23;/h2-4,6-7,10-15,18-19,25,29,37H,5,8-9,16-17,20-22H2,1H3,(H,32,36);1H/t29-;/m1./s1. The molecule has 0 radical (unpaired) electrons. The maximum Gasteiger partial charge on any atom is 0.262 e. The van der Waals surface area contributed by atoms with Crippen LogP contribution in [0.15, 0.2) is 84.0 Å². The number of ether oxygens (including phenoxy) is 1. The van der Waals surface area contributed by atoms with Crippen LogP contribution in [0.3, 0.4) is 0 Å². The molecule has 2 aromatic carbocycles. The Hall–Kier alpha value is -3.51. The number of likely N-dealkylation sites (tertiary alicyclic amines) is 1. The first kappa shape index (κ1) is 33.0. The molecule has 0 aliphatic carbocycles. The lowest BCUT2D eigenvalue weighted by molar-refractivity contribution is -0.137. The number of nitrogens with one attached hydrogen (secondary N) is 1. The summed E-state index contributed by atoms with van der Waals surface area (Å²) in [5.74, 6) is -0.703. The zero-order valence-electron chi connectivity index (χ0n) is 23.5. The fraction of sp³-hybridized carbons (Fsp3) is 0.367. The Kier molecular flexibility index (Phi) is 12.3. The van der Waals surface area contributed by atoms with Gasteiger partial charge in [0.1, 0.15) is 11.8 Å². The first-order valence-corrected chi connectivity index (χ1v) is 15.1. The molecule has 0 bridgehead atoms. The van der Waals surface area contributed by atoms with Crippen molar-refractivity contribution in [1.29, 1.82) is 0 Å². The molecule has 3 aromatic rings. The first-order valence-electron chi connectivity index (χ1n) is 13.6. The number of sulfonamides is 1. The molecule has 0 spiro atoms. The number of benzene rings is 2. The Morgan fingerprint density at radius 1 is 1.02 bits per heavy atom. The molecule has 1 fully saturated rings. The van der Waals surface area contributed by atoms with E-state index in [0.717, 1.165) is 17.1 Å². The van der Waals surface area contributed by atoms with Gasteiger partial charge in [-0.1, -0.05) is 30.3 Å². The average molecular weight is 617 g/mol. The van der Waals surface area contributed by atoms with Gasteiger partial charge in [0.15, 0.2) is 0 Å². The Morgan fingerprint density at radius 3 is 2.26 bits per heavy atom. The molecular weight excluding hydrogens is 580 g/mol. The van der Waals surface area contributed by atoms with E-state index in [1.807, 2.05) is 30.3 Å². The summed E-state index contributed by atoms with van der Waals surface area (Å²) in [5, 5.41) is 9.67. The molecule has 1 saturated heterocycles. The number of aryl methyl sites for hydroxylation is 1. The second kappa shape index (κ2) is 15.6. The van der Waals surface area contributed by atoms with Crippen molar-refractivity contribution < 1.29 is 28.0 Å². The first-order chi connectivity index (χ1) is 19.8. The van der Waals surface area contributed by atoms with Gasteiger partial charge in [-0.15, -0.1) is 12.4 Å². The van der Waals surface area contributed by atoms with Crippen LogP contribution in [0, 0.1) is 5.92 Å². The molecular formula is C30H37ClN4O6S. The van der Waals surface area contributed by atoms with E-state index in [1.165, 1.54) is 24.8 Å². The van der Waals surface area contributed by atoms with Crippen LogP contribution in [0.25, 0.3) is 0 Å². The van der Waals surface area contributed by atoms with Crippen LogP contribution in [0.5, 0.6) is 5.75 Å². The van der Waals surface area contributed by atoms with Crippen molar-refractivity contribution >= 4 is 34.2 Å². The van der Waals surface area contributed by atoms with Crippen LogP contribution in [0.1, 0.15) is 36.8 Å². The summed E-state index contributed by atoms with van der Waals surface area (Å²) in [4.78, 5) is 31.8. The molecule has 12 heteroatoms. The summed E-state index contributed by atoms with van der Waals surface area (Å²) < 4.78 is 34.3. The quantitative estimate of drug-likeness (QED) is 0.234. The lowest BCUT2D eigenvalue weighted by Crippen LogP contribution is -2.54. The minimum Gasteiger partial charge on any atom is -0.497 e. The van der Waals surface area contributed by atoms with Crippen molar-refractivity contribution in [2.75, 3.05) is 20.2 Å². The van der Waals surface area contributed by atoms with E-state index in [0.29, 0.717) is 43.7 Å². The molecule has 1 atom stereocenters. The molecule has 42 heavy (non-hydrogen) atoms. The van der Waals surface area contributed by atoms with E-state index in [9.17, 15) is 23.2 Å². The summed E-state index contributed by atoms with van der Waals surface area (Å²) in [6.07, 6.45) is 5.89. The third-order valence-corrected chi connectivity index (χ3v) is 9.32. The SMILES string of the molecule is COc1ccc(S(=O)(=O)N(Cc2ccncc2)[C@@H](C(=O)NO)C2CCN(C(=O)CCCc3ccccc3)CC2)cc1.Cl. The molecule has 10 nitrogen and oxygen atoms in total. The molecule has 1 aromatic heterocycles. The van der Waals surface area contributed by atoms with E-state index in [-0.39, 0.29) is 29.8 Å². The second-order valence-electron chi connectivity index (χ2n) is 10.1. The molecule has 4 rings (SSSR count). The molecule has 2 heterocycles. The van der Waals surface area contributed by atoms with Crippen molar-refractivity contribution in [3.8, 4) is 5.75 Å². The monoisotopic (exact) mass is 616 g/mol. The third kappa shape index (κ3) is 8.28. The van der Waals surface area contributed by atoms with Crippen molar-refractivity contribution in [1.82, 2.24) is 19.7 Å². The summed E-state index contributed by atoms with van der Waals surface area (Å²) in [7, 11) is -2.70. The van der Waals surface area contributed by atoms with Crippen LogP contribution < -0.4 is 10.2 Å². The minimum atomic E-state index is -4.19. The van der Waals surface area contributed by atoms with E-state index in [4.69, 9.17) is 4.74 Å². The molecule has 2 amide bonds. The van der Waals surface area contributed by atoms with E-state index < -0.39 is 27.9 Å². The molecule has 0 saturated carbocycles. The van der Waals surface area contributed by atoms with Crippen molar-refractivity contribution in [3.63, 3.8) is 0 Å². The number of halogens is 1. The number of rotatable bonds is 12. The Morgan fingerprint density at radius 2 is 1.67 bits per heavy atom. The van der Waals surface area contributed by atoms with Crippen LogP contribution in [-0.4, -0.2) is 65.9 Å². The summed E-state index contributed by atoms with van der Waals surface area (Å²) in [6, 6.07) is 18.1. The predicted molar refractivity (Wildman–Crippen MR) is 160 cm³/mol. The summed E-state index contributed by atoms with van der Waals surface area (Å²) >= 11 is 0. The maximum absolute atomic E-state index is 14.0. The second-order valence-corrected chi connectivity index (χ2v) is 12.0. The van der Waals surface area contributed by atoms with Gasteiger partial charge < -0.3 is 9.64 Å². The Labute approximate surface area is 253 Å². The summed E-state index contributed by atoms with van der Waals surface area (Å²) in [5.41, 5.74) is 3.51. The van der Waals surface area contributed by atoms with Crippen LogP contribution in [0.2, 0.25) is 0 Å². The average Bonchev–Trinajstić information content (AvgIpc) is 3.02. The number of carbonyl (C=O) groups is 2. The molecule has 0 unspecified atom stereocenters. The van der Waals surface area contributed by atoms with Gasteiger partial charge in [0.05, 0.1) is 12.0 Å². The zero-order chi connectivity index (χ0) is 29.2. The normalized spacial score (nSPS) is 14.6. The number of nitrogens with zero attached hydrogens (tertiary/aromatic N) is 3.